The molecule has 0 saturated carbocycles. The van der Waals surface area contributed by atoms with Gasteiger partial charge in [0.25, 0.3) is 0 Å². The van der Waals surface area contributed by atoms with Crippen LogP contribution in [0.5, 0.6) is 0 Å². The summed E-state index contributed by atoms with van der Waals surface area (Å²) in [7, 11) is 3.76. The number of nitrogens with zero attached hydrogens (tertiary/aromatic N) is 3. The van der Waals surface area contributed by atoms with Crippen LogP contribution >= 0.6 is 0 Å². The van der Waals surface area contributed by atoms with Gasteiger partial charge in [0, 0.05) is 31.4 Å². The summed E-state index contributed by atoms with van der Waals surface area (Å²) in [4.78, 5) is 4.07. The fourth-order valence-electron chi connectivity index (χ4n) is 2.02. The van der Waals surface area contributed by atoms with Crippen molar-refractivity contribution in [3.05, 3.63) is 53.4 Å². The number of aromatic nitrogens is 2. The van der Waals surface area contributed by atoms with E-state index in [4.69, 9.17) is 5.26 Å². The molecule has 0 amide bonds. The number of halogens is 1. The van der Waals surface area contributed by atoms with Gasteiger partial charge in [-0.15, -0.1) is 0 Å². The molecule has 19 heavy (non-hydrogen) atoms. The Morgan fingerprint density at radius 3 is 2.84 bits per heavy atom. The highest BCUT2D eigenvalue weighted by molar-refractivity contribution is 5.35. The second-order valence-corrected chi connectivity index (χ2v) is 4.39. The molecule has 1 N–H and O–H groups in total. The van der Waals surface area contributed by atoms with Crippen LogP contribution in [-0.4, -0.2) is 16.6 Å². The number of hydrogen-bond acceptors (Lipinski definition) is 3. The third-order valence-electron chi connectivity index (χ3n) is 3.19. The molecule has 0 fully saturated rings. The second kappa shape index (κ2) is 5.63. The molecular weight excluding hydrogens is 243 g/mol. The summed E-state index contributed by atoms with van der Waals surface area (Å²) in [6.07, 6.45) is 4.24. The van der Waals surface area contributed by atoms with Crippen LogP contribution < -0.4 is 5.32 Å². The average Bonchev–Trinajstić information content (AvgIpc) is 2.81. The first kappa shape index (κ1) is 13.2. The fraction of sp³-hybridized carbons (Fsp3) is 0.286. The van der Waals surface area contributed by atoms with Crippen LogP contribution in [-0.2, 0) is 13.5 Å². The largest absolute Gasteiger partial charge is 0.338 e. The highest BCUT2D eigenvalue weighted by Gasteiger charge is 2.14. The van der Waals surface area contributed by atoms with Gasteiger partial charge >= 0.3 is 0 Å². The Morgan fingerprint density at radius 2 is 2.32 bits per heavy atom. The molecule has 0 aliphatic heterocycles. The zero-order chi connectivity index (χ0) is 13.8. The number of aryl methyl sites for hydroxylation is 1. The molecule has 1 aromatic heterocycles. The SMILES string of the molecule is CNC(Cc1cncn1C)c1ccc(C#N)c(F)c1. The smallest absolute Gasteiger partial charge is 0.141 e. The van der Waals surface area contributed by atoms with Crippen molar-refractivity contribution in [1.29, 1.82) is 5.26 Å². The molecule has 0 radical (unpaired) electrons. The monoisotopic (exact) mass is 258 g/mol. The number of hydrogen-bond donors (Lipinski definition) is 1. The van der Waals surface area contributed by atoms with Gasteiger partial charge in [0.05, 0.1) is 11.9 Å². The number of nitrogens with one attached hydrogen (secondary N) is 1. The van der Waals surface area contributed by atoms with E-state index in [0.29, 0.717) is 6.42 Å². The van der Waals surface area contributed by atoms with Gasteiger partial charge in [0.2, 0.25) is 0 Å². The maximum absolute atomic E-state index is 13.6. The van der Waals surface area contributed by atoms with Crippen LogP contribution in [0.3, 0.4) is 0 Å². The summed E-state index contributed by atoms with van der Waals surface area (Å²) in [6.45, 7) is 0. The van der Waals surface area contributed by atoms with Crippen molar-refractivity contribution in [3.8, 4) is 6.07 Å². The van der Waals surface area contributed by atoms with E-state index in [2.05, 4.69) is 10.3 Å². The molecule has 0 spiro atoms. The number of imidazole rings is 1. The average molecular weight is 258 g/mol. The van der Waals surface area contributed by atoms with Crippen LogP contribution in [0.4, 0.5) is 4.39 Å². The van der Waals surface area contributed by atoms with E-state index in [1.807, 2.05) is 24.7 Å². The molecule has 1 aromatic carbocycles. The van der Waals surface area contributed by atoms with Crippen molar-refractivity contribution in [3.63, 3.8) is 0 Å². The van der Waals surface area contributed by atoms with E-state index in [-0.39, 0.29) is 11.6 Å². The third kappa shape index (κ3) is 2.80. The molecule has 0 bridgehead atoms. The van der Waals surface area contributed by atoms with Gasteiger partial charge in [-0.3, -0.25) is 0 Å². The molecule has 0 saturated heterocycles. The van der Waals surface area contributed by atoms with E-state index >= 15 is 0 Å². The number of benzene rings is 1. The first-order chi connectivity index (χ1) is 9.15. The summed E-state index contributed by atoms with van der Waals surface area (Å²) in [6, 6.07) is 6.51. The van der Waals surface area contributed by atoms with Crippen LogP contribution in [0, 0.1) is 17.1 Å². The lowest BCUT2D eigenvalue weighted by atomic mass is 10.0. The van der Waals surface area contributed by atoms with Crippen LogP contribution in [0.25, 0.3) is 0 Å². The zero-order valence-corrected chi connectivity index (χ0v) is 10.9. The quantitative estimate of drug-likeness (QED) is 0.911. The highest BCUT2D eigenvalue weighted by Crippen LogP contribution is 2.20. The number of likely N-dealkylation sites (N-methyl/N-ethyl adjacent to an activating group) is 1. The van der Waals surface area contributed by atoms with Gasteiger partial charge in [-0.25, -0.2) is 9.37 Å². The van der Waals surface area contributed by atoms with Crippen molar-refractivity contribution in [2.24, 2.45) is 7.05 Å². The predicted octanol–water partition coefficient (Wildman–Crippen LogP) is 1.93. The minimum Gasteiger partial charge on any atom is -0.338 e. The molecule has 1 heterocycles. The third-order valence-corrected chi connectivity index (χ3v) is 3.19. The van der Waals surface area contributed by atoms with Gasteiger partial charge in [0.1, 0.15) is 11.9 Å². The molecule has 0 aliphatic rings. The summed E-state index contributed by atoms with van der Waals surface area (Å²) in [5.74, 6) is -0.481. The van der Waals surface area contributed by atoms with Crippen molar-refractivity contribution in [1.82, 2.24) is 14.9 Å². The van der Waals surface area contributed by atoms with Gasteiger partial charge < -0.3 is 9.88 Å². The minimum absolute atomic E-state index is 0.0161. The maximum atomic E-state index is 13.6. The summed E-state index contributed by atoms with van der Waals surface area (Å²) < 4.78 is 15.6. The fourth-order valence-corrected chi connectivity index (χ4v) is 2.02. The van der Waals surface area contributed by atoms with Crippen LogP contribution in [0.2, 0.25) is 0 Å². The summed E-state index contributed by atoms with van der Waals surface area (Å²) >= 11 is 0. The molecule has 5 heteroatoms. The molecule has 1 unspecified atom stereocenters. The number of nitriles is 1. The van der Waals surface area contributed by atoms with Gasteiger partial charge in [-0.05, 0) is 24.7 Å². The second-order valence-electron chi connectivity index (χ2n) is 4.39. The van der Waals surface area contributed by atoms with E-state index in [9.17, 15) is 4.39 Å². The Morgan fingerprint density at radius 1 is 1.53 bits per heavy atom. The normalized spacial score (nSPS) is 12.1. The lowest BCUT2D eigenvalue weighted by Gasteiger charge is -2.17. The van der Waals surface area contributed by atoms with Crippen LogP contribution in [0.1, 0.15) is 22.9 Å². The van der Waals surface area contributed by atoms with Crippen molar-refractivity contribution in [2.45, 2.75) is 12.5 Å². The molecular formula is C14H15FN4. The lowest BCUT2D eigenvalue weighted by molar-refractivity contribution is 0.562. The summed E-state index contributed by atoms with van der Waals surface area (Å²) in [5.41, 5.74) is 1.95. The van der Waals surface area contributed by atoms with Gasteiger partial charge in [0.15, 0.2) is 0 Å². The zero-order valence-electron chi connectivity index (χ0n) is 10.9. The molecule has 0 aliphatic carbocycles. The lowest BCUT2D eigenvalue weighted by Crippen LogP contribution is -2.20. The van der Waals surface area contributed by atoms with Crippen molar-refractivity contribution < 1.29 is 4.39 Å². The Balaban J connectivity index is 2.25. The van der Waals surface area contributed by atoms with Gasteiger partial charge in [-0.1, -0.05) is 6.07 Å². The standard InChI is InChI=1S/C14H15FN4/c1-17-14(6-12-8-18-9-19(12)2)10-3-4-11(7-16)13(15)5-10/h3-5,8-9,14,17H,6H2,1-2H3. The van der Waals surface area contributed by atoms with E-state index in [0.717, 1.165) is 11.3 Å². The Kier molecular flexibility index (Phi) is 3.93. The Bertz CT molecular complexity index is 612. The molecule has 1 atom stereocenters. The molecule has 4 nitrogen and oxygen atoms in total. The minimum atomic E-state index is -0.481. The number of rotatable bonds is 4. The van der Waals surface area contributed by atoms with Gasteiger partial charge in [-0.2, -0.15) is 5.26 Å². The molecule has 2 aromatic rings. The maximum Gasteiger partial charge on any atom is 0.141 e. The van der Waals surface area contributed by atoms with Crippen molar-refractivity contribution in [2.75, 3.05) is 7.05 Å². The van der Waals surface area contributed by atoms with E-state index < -0.39 is 5.82 Å². The van der Waals surface area contributed by atoms with Crippen molar-refractivity contribution >= 4 is 0 Å². The Hall–Kier alpha value is -2.19. The topological polar surface area (TPSA) is 53.6 Å². The first-order valence-corrected chi connectivity index (χ1v) is 5.97. The van der Waals surface area contributed by atoms with E-state index in [1.54, 1.807) is 18.6 Å². The predicted molar refractivity (Wildman–Crippen MR) is 69.8 cm³/mol. The first-order valence-electron chi connectivity index (χ1n) is 5.97. The van der Waals surface area contributed by atoms with E-state index in [1.165, 1.54) is 12.1 Å². The highest BCUT2D eigenvalue weighted by atomic mass is 19.1. The Labute approximate surface area is 111 Å². The van der Waals surface area contributed by atoms with Crippen LogP contribution in [0.15, 0.2) is 30.7 Å². The molecule has 2 rings (SSSR count). The summed E-state index contributed by atoms with van der Waals surface area (Å²) in [5, 5.41) is 11.9. The molecule has 98 valence electrons.